The molecule has 5 nitrogen and oxygen atoms in total. The van der Waals surface area contributed by atoms with Crippen molar-refractivity contribution in [1.29, 1.82) is 0 Å². The van der Waals surface area contributed by atoms with E-state index in [0.717, 1.165) is 4.47 Å². The number of halogens is 1. The Kier molecular flexibility index (Phi) is 4.78. The van der Waals surface area contributed by atoms with Gasteiger partial charge in [-0.1, -0.05) is 15.9 Å². The van der Waals surface area contributed by atoms with Crippen LogP contribution in [-0.4, -0.2) is 25.7 Å². The highest BCUT2D eigenvalue weighted by Gasteiger charge is 2.04. The number of hydrogen-bond donors (Lipinski definition) is 2. The van der Waals surface area contributed by atoms with Gasteiger partial charge in [-0.15, -0.1) is 0 Å². The molecular weight excluding hydrogens is 276 g/mol. The van der Waals surface area contributed by atoms with Gasteiger partial charge in [-0.05, 0) is 24.3 Å². The summed E-state index contributed by atoms with van der Waals surface area (Å²) in [6.45, 7) is -0.154. The highest BCUT2D eigenvalue weighted by atomic mass is 79.9. The molecule has 0 aliphatic heterocycles. The molecule has 0 unspecified atom stereocenters. The second-order valence-electron chi connectivity index (χ2n) is 2.89. The van der Waals surface area contributed by atoms with E-state index in [-0.39, 0.29) is 6.54 Å². The van der Waals surface area contributed by atoms with Crippen molar-refractivity contribution in [2.45, 2.75) is 0 Å². The molecule has 0 aliphatic rings. The Labute approximate surface area is 101 Å². The Morgan fingerprint density at radius 3 is 2.50 bits per heavy atom. The first-order chi connectivity index (χ1) is 7.61. The molecule has 0 heterocycles. The zero-order chi connectivity index (χ0) is 12.0. The first kappa shape index (κ1) is 12.5. The summed E-state index contributed by atoms with van der Waals surface area (Å²) >= 11 is 3.28. The van der Waals surface area contributed by atoms with Gasteiger partial charge in [-0.25, -0.2) is 4.79 Å². The molecule has 0 aliphatic carbocycles. The summed E-state index contributed by atoms with van der Waals surface area (Å²) in [4.78, 5) is 22.0. The number of hydrogen-bond acceptors (Lipinski definition) is 3. The highest BCUT2D eigenvalue weighted by Crippen LogP contribution is 2.13. The molecule has 0 saturated carbocycles. The number of ether oxygens (including phenoxy) is 1. The monoisotopic (exact) mass is 286 g/mol. The van der Waals surface area contributed by atoms with Gasteiger partial charge in [0, 0.05) is 10.2 Å². The minimum absolute atomic E-state index is 0.154. The molecule has 86 valence electrons. The van der Waals surface area contributed by atoms with Crippen LogP contribution in [0.2, 0.25) is 0 Å². The fourth-order valence-electron chi connectivity index (χ4n) is 0.933. The van der Waals surface area contributed by atoms with Crippen LogP contribution in [0.5, 0.6) is 0 Å². The topological polar surface area (TPSA) is 67.4 Å². The number of nitrogens with one attached hydrogen (secondary N) is 2. The van der Waals surface area contributed by atoms with Crippen LogP contribution in [0.25, 0.3) is 0 Å². The fraction of sp³-hybridized carbons (Fsp3) is 0.200. The van der Waals surface area contributed by atoms with Crippen molar-refractivity contribution in [3.05, 3.63) is 28.7 Å². The lowest BCUT2D eigenvalue weighted by Crippen LogP contribution is -2.33. The van der Waals surface area contributed by atoms with E-state index in [0.29, 0.717) is 5.69 Å². The summed E-state index contributed by atoms with van der Waals surface area (Å²) in [5.74, 6) is -0.494. The zero-order valence-electron chi connectivity index (χ0n) is 8.62. The minimum atomic E-state index is -0.494. The number of anilines is 1. The van der Waals surface area contributed by atoms with E-state index >= 15 is 0 Å². The molecule has 2 N–H and O–H groups in total. The van der Waals surface area contributed by atoms with Crippen molar-refractivity contribution in [3.8, 4) is 0 Å². The van der Waals surface area contributed by atoms with Gasteiger partial charge in [0.05, 0.1) is 7.11 Å². The van der Waals surface area contributed by atoms with E-state index in [4.69, 9.17) is 0 Å². The third-order valence-corrected chi connectivity index (χ3v) is 2.25. The maximum atomic E-state index is 11.3. The Balaban J connectivity index is 2.40. The third kappa shape index (κ3) is 4.31. The molecule has 0 fully saturated rings. The zero-order valence-corrected chi connectivity index (χ0v) is 10.2. The van der Waals surface area contributed by atoms with Gasteiger partial charge in [0.15, 0.2) is 0 Å². The van der Waals surface area contributed by atoms with Crippen molar-refractivity contribution in [2.75, 3.05) is 19.0 Å². The Hall–Kier alpha value is -1.56. The summed E-state index contributed by atoms with van der Waals surface area (Å²) < 4.78 is 5.30. The smallest absolute Gasteiger partial charge is 0.325 e. The van der Waals surface area contributed by atoms with Gasteiger partial charge < -0.3 is 15.4 Å². The van der Waals surface area contributed by atoms with Crippen molar-refractivity contribution in [2.24, 2.45) is 0 Å². The van der Waals surface area contributed by atoms with Gasteiger partial charge in [0.25, 0.3) is 0 Å². The number of methoxy groups -OCH3 is 1. The molecule has 1 rings (SSSR count). The number of benzene rings is 1. The average Bonchev–Trinajstić information content (AvgIpc) is 2.29. The average molecular weight is 287 g/mol. The van der Waals surface area contributed by atoms with Gasteiger partial charge in [0.1, 0.15) is 6.54 Å². The van der Waals surface area contributed by atoms with Crippen LogP contribution < -0.4 is 10.6 Å². The van der Waals surface area contributed by atoms with E-state index < -0.39 is 12.0 Å². The maximum Gasteiger partial charge on any atom is 0.325 e. The predicted molar refractivity (Wildman–Crippen MR) is 63.2 cm³/mol. The standard InChI is InChI=1S/C10H11BrN2O3/c1-16-9(14)6-12-10(15)13-8-4-2-7(11)3-5-8/h2-5H,6H2,1H3,(H2,12,13,15). The molecule has 0 spiro atoms. The molecule has 16 heavy (non-hydrogen) atoms. The second-order valence-corrected chi connectivity index (χ2v) is 3.81. The van der Waals surface area contributed by atoms with Crippen molar-refractivity contribution < 1.29 is 14.3 Å². The molecule has 0 bridgehead atoms. The van der Waals surface area contributed by atoms with Crippen LogP contribution in [0.4, 0.5) is 10.5 Å². The van der Waals surface area contributed by atoms with Gasteiger partial charge in [-0.2, -0.15) is 0 Å². The molecular formula is C10H11BrN2O3. The summed E-state index contributed by atoms with van der Waals surface area (Å²) in [5, 5.41) is 4.93. The number of urea groups is 1. The number of esters is 1. The van der Waals surface area contributed by atoms with Crippen molar-refractivity contribution in [1.82, 2.24) is 5.32 Å². The van der Waals surface area contributed by atoms with Crippen molar-refractivity contribution >= 4 is 33.6 Å². The summed E-state index contributed by atoms with van der Waals surface area (Å²) in [7, 11) is 1.26. The third-order valence-electron chi connectivity index (χ3n) is 1.72. The highest BCUT2D eigenvalue weighted by molar-refractivity contribution is 9.10. The number of amides is 2. The van der Waals surface area contributed by atoms with Crippen molar-refractivity contribution in [3.63, 3.8) is 0 Å². The van der Waals surface area contributed by atoms with Crippen LogP contribution >= 0.6 is 15.9 Å². The van der Waals surface area contributed by atoms with Crippen LogP contribution in [-0.2, 0) is 9.53 Å². The molecule has 0 aromatic heterocycles. The number of rotatable bonds is 3. The summed E-state index contributed by atoms with van der Waals surface area (Å²) in [6, 6.07) is 6.63. The SMILES string of the molecule is COC(=O)CNC(=O)Nc1ccc(Br)cc1. The normalized spacial score (nSPS) is 9.38. The van der Waals surface area contributed by atoms with E-state index in [1.54, 1.807) is 24.3 Å². The van der Waals surface area contributed by atoms with E-state index in [1.807, 2.05) is 0 Å². The van der Waals surface area contributed by atoms with Gasteiger partial charge >= 0.3 is 12.0 Å². The molecule has 0 saturated heterocycles. The van der Waals surface area contributed by atoms with Crippen LogP contribution in [0.3, 0.4) is 0 Å². The lowest BCUT2D eigenvalue weighted by Gasteiger charge is -2.06. The molecule has 1 aromatic rings. The number of carbonyl (C=O) groups is 2. The minimum Gasteiger partial charge on any atom is -0.468 e. The molecule has 0 atom stereocenters. The number of carbonyl (C=O) groups excluding carboxylic acids is 2. The quantitative estimate of drug-likeness (QED) is 0.832. The lowest BCUT2D eigenvalue weighted by molar-refractivity contribution is -0.139. The van der Waals surface area contributed by atoms with Crippen LogP contribution in [0.15, 0.2) is 28.7 Å². The van der Waals surface area contributed by atoms with E-state index in [2.05, 4.69) is 31.3 Å². The summed E-state index contributed by atoms with van der Waals surface area (Å²) in [5.41, 5.74) is 0.644. The van der Waals surface area contributed by atoms with E-state index in [1.165, 1.54) is 7.11 Å². The molecule has 2 amide bonds. The Morgan fingerprint density at radius 2 is 1.94 bits per heavy atom. The largest absolute Gasteiger partial charge is 0.468 e. The predicted octanol–water partition coefficient (Wildman–Crippen LogP) is 1.74. The summed E-state index contributed by atoms with van der Waals surface area (Å²) in [6.07, 6.45) is 0. The molecule has 6 heteroatoms. The lowest BCUT2D eigenvalue weighted by atomic mass is 10.3. The Bertz CT molecular complexity index is 378. The van der Waals surface area contributed by atoms with Crippen LogP contribution in [0, 0.1) is 0 Å². The fourth-order valence-corrected chi connectivity index (χ4v) is 1.20. The molecule has 1 aromatic carbocycles. The maximum absolute atomic E-state index is 11.3. The molecule has 0 radical (unpaired) electrons. The first-order valence-corrected chi connectivity index (χ1v) is 5.28. The second kappa shape index (κ2) is 6.12. The van der Waals surface area contributed by atoms with Gasteiger partial charge in [0.2, 0.25) is 0 Å². The van der Waals surface area contributed by atoms with Crippen LogP contribution in [0.1, 0.15) is 0 Å². The first-order valence-electron chi connectivity index (χ1n) is 4.49. The van der Waals surface area contributed by atoms with Gasteiger partial charge in [-0.3, -0.25) is 4.79 Å². The Morgan fingerprint density at radius 1 is 1.31 bits per heavy atom. The van der Waals surface area contributed by atoms with E-state index in [9.17, 15) is 9.59 Å².